The van der Waals surface area contributed by atoms with Crippen LogP contribution in [-0.4, -0.2) is 35.3 Å². The van der Waals surface area contributed by atoms with Gasteiger partial charge in [0.2, 0.25) is 5.91 Å². The van der Waals surface area contributed by atoms with Crippen molar-refractivity contribution in [3.05, 3.63) is 51.4 Å². The number of thiophene rings is 1. The van der Waals surface area contributed by atoms with E-state index in [1.165, 1.54) is 39.9 Å². The van der Waals surface area contributed by atoms with Crippen molar-refractivity contribution in [1.82, 2.24) is 29.4 Å². The number of aromatic nitrogens is 6. The fourth-order valence-electron chi connectivity index (χ4n) is 2.73. The van der Waals surface area contributed by atoms with Gasteiger partial charge >= 0.3 is 0 Å². The number of fused-ring (bicyclic) bond motifs is 1. The summed E-state index contributed by atoms with van der Waals surface area (Å²) in [6.07, 6.45) is 1.60. The Bertz CT molecular complexity index is 1280. The topological polar surface area (TPSA) is 148 Å². The molecule has 4 aromatic rings. The third kappa shape index (κ3) is 3.78. The van der Waals surface area contributed by atoms with E-state index in [0.29, 0.717) is 34.5 Å². The number of aromatic amines is 1. The first-order valence-corrected chi connectivity index (χ1v) is 10.3. The molecule has 146 valence electrons. The van der Waals surface area contributed by atoms with Crippen LogP contribution in [-0.2, 0) is 17.1 Å². The predicted molar refractivity (Wildman–Crippen MR) is 107 cm³/mol. The molecule has 0 aliphatic carbocycles. The molecule has 0 aromatic carbocycles. The molecule has 0 radical (unpaired) electrons. The SMILES string of the molecule is N#Cc1c[nH]n2c(=O)cc(CSc3nnc(-c4cccs4)n3CCC(N)=O)nc12. The van der Waals surface area contributed by atoms with Crippen LogP contribution >= 0.6 is 23.1 Å². The molecule has 0 aliphatic heterocycles. The molecule has 0 spiro atoms. The molecule has 0 fully saturated rings. The van der Waals surface area contributed by atoms with E-state index in [-0.39, 0.29) is 17.6 Å². The Balaban J connectivity index is 1.63. The van der Waals surface area contributed by atoms with E-state index in [1.807, 2.05) is 28.1 Å². The summed E-state index contributed by atoms with van der Waals surface area (Å²) in [6, 6.07) is 7.25. The average Bonchev–Trinajstić information content (AvgIpc) is 3.43. The second kappa shape index (κ2) is 7.90. The molecule has 10 nitrogen and oxygen atoms in total. The van der Waals surface area contributed by atoms with Gasteiger partial charge in [-0.3, -0.25) is 14.7 Å². The number of hydrogen-bond acceptors (Lipinski definition) is 8. The van der Waals surface area contributed by atoms with Crippen LogP contribution in [0.15, 0.2) is 39.7 Å². The van der Waals surface area contributed by atoms with E-state index < -0.39 is 5.91 Å². The first kappa shape index (κ1) is 18.9. The standard InChI is InChI=1S/C17H14N8O2S2/c18-7-10-8-20-25-14(27)6-11(21-15(10)25)9-29-17-23-22-16(12-2-1-5-28-12)24(17)4-3-13(19)26/h1-2,5-6,8,20H,3-4,9H2,(H2,19,26). The minimum Gasteiger partial charge on any atom is -0.370 e. The molecular weight excluding hydrogens is 412 g/mol. The Morgan fingerprint density at radius 3 is 3.00 bits per heavy atom. The maximum Gasteiger partial charge on any atom is 0.272 e. The van der Waals surface area contributed by atoms with Gasteiger partial charge in [0.25, 0.3) is 5.56 Å². The highest BCUT2D eigenvalue weighted by Crippen LogP contribution is 2.28. The Hall–Kier alpha value is -3.43. The lowest BCUT2D eigenvalue weighted by Gasteiger charge is -2.08. The fraction of sp³-hybridized carbons (Fsp3) is 0.176. The molecule has 12 heteroatoms. The normalized spacial score (nSPS) is 11.0. The maximum absolute atomic E-state index is 12.2. The summed E-state index contributed by atoms with van der Waals surface area (Å²) in [5, 5.41) is 22.9. The first-order chi connectivity index (χ1) is 14.1. The highest BCUT2D eigenvalue weighted by atomic mass is 32.2. The molecule has 0 aliphatic rings. The van der Waals surface area contributed by atoms with Gasteiger partial charge in [0.15, 0.2) is 16.6 Å². The molecule has 4 heterocycles. The summed E-state index contributed by atoms with van der Waals surface area (Å²) >= 11 is 2.86. The Kier molecular flexibility index (Phi) is 5.15. The van der Waals surface area contributed by atoms with Crippen LogP contribution in [0.2, 0.25) is 0 Å². The van der Waals surface area contributed by atoms with Gasteiger partial charge in [-0.1, -0.05) is 17.8 Å². The van der Waals surface area contributed by atoms with Crippen molar-refractivity contribution in [2.75, 3.05) is 0 Å². The van der Waals surface area contributed by atoms with Gasteiger partial charge in [0.1, 0.15) is 11.6 Å². The zero-order chi connectivity index (χ0) is 20.4. The van der Waals surface area contributed by atoms with Crippen LogP contribution in [0.3, 0.4) is 0 Å². The van der Waals surface area contributed by atoms with Crippen LogP contribution in [0.5, 0.6) is 0 Å². The van der Waals surface area contributed by atoms with Crippen LogP contribution < -0.4 is 11.3 Å². The minimum absolute atomic E-state index is 0.157. The number of H-pyrrole nitrogens is 1. The zero-order valence-corrected chi connectivity index (χ0v) is 16.5. The number of nitrogens with two attached hydrogens (primary N) is 1. The number of nitrogens with one attached hydrogen (secondary N) is 1. The first-order valence-electron chi connectivity index (χ1n) is 8.45. The highest BCUT2D eigenvalue weighted by molar-refractivity contribution is 7.98. The summed E-state index contributed by atoms with van der Waals surface area (Å²) in [7, 11) is 0. The summed E-state index contributed by atoms with van der Waals surface area (Å²) in [4.78, 5) is 28.8. The predicted octanol–water partition coefficient (Wildman–Crippen LogP) is 1.38. The van der Waals surface area contributed by atoms with E-state index in [2.05, 4.69) is 20.3 Å². The Labute approximate surface area is 172 Å². The second-order valence-corrected chi connectivity index (χ2v) is 7.87. The van der Waals surface area contributed by atoms with Crippen molar-refractivity contribution in [2.45, 2.75) is 23.9 Å². The summed E-state index contributed by atoms with van der Waals surface area (Å²) in [5.41, 5.74) is 6.09. The Morgan fingerprint density at radius 2 is 2.28 bits per heavy atom. The van der Waals surface area contributed by atoms with Gasteiger partial charge < -0.3 is 10.3 Å². The van der Waals surface area contributed by atoms with E-state index in [1.54, 1.807) is 0 Å². The van der Waals surface area contributed by atoms with Crippen LogP contribution in [0.1, 0.15) is 17.7 Å². The molecule has 3 N–H and O–H groups in total. The number of primary amides is 1. The summed E-state index contributed by atoms with van der Waals surface area (Å²) in [5.74, 6) is 0.592. The number of nitrogens with zero attached hydrogens (tertiary/aromatic N) is 6. The number of rotatable bonds is 7. The van der Waals surface area contributed by atoms with Crippen molar-refractivity contribution in [2.24, 2.45) is 5.73 Å². The van der Waals surface area contributed by atoms with E-state index in [4.69, 9.17) is 11.0 Å². The molecule has 4 aromatic heterocycles. The maximum atomic E-state index is 12.2. The molecule has 0 saturated carbocycles. The lowest BCUT2D eigenvalue weighted by molar-refractivity contribution is -0.118. The third-order valence-electron chi connectivity index (χ3n) is 4.06. The Morgan fingerprint density at radius 1 is 1.41 bits per heavy atom. The largest absolute Gasteiger partial charge is 0.370 e. The number of amides is 1. The minimum atomic E-state index is -0.414. The molecular formula is C17H14N8O2S2. The lowest BCUT2D eigenvalue weighted by atomic mass is 10.3. The van der Waals surface area contributed by atoms with Crippen LogP contribution in [0.25, 0.3) is 16.3 Å². The molecule has 0 unspecified atom stereocenters. The highest BCUT2D eigenvalue weighted by Gasteiger charge is 2.17. The van der Waals surface area contributed by atoms with Crippen LogP contribution in [0, 0.1) is 11.3 Å². The van der Waals surface area contributed by atoms with Gasteiger partial charge in [-0.25, -0.2) is 9.50 Å². The van der Waals surface area contributed by atoms with Gasteiger partial charge in [0.05, 0.1) is 10.6 Å². The number of nitriles is 1. The summed E-state index contributed by atoms with van der Waals surface area (Å²) in [6.45, 7) is 0.351. The zero-order valence-electron chi connectivity index (χ0n) is 14.9. The monoisotopic (exact) mass is 426 g/mol. The van der Waals surface area contributed by atoms with Crippen molar-refractivity contribution in [1.29, 1.82) is 5.26 Å². The number of hydrogen-bond donors (Lipinski definition) is 2. The number of carbonyl (C=O) groups excluding carboxylic acids is 1. The molecule has 0 bridgehead atoms. The smallest absolute Gasteiger partial charge is 0.272 e. The molecule has 4 rings (SSSR count). The molecule has 0 saturated heterocycles. The van der Waals surface area contributed by atoms with Crippen molar-refractivity contribution >= 4 is 34.7 Å². The van der Waals surface area contributed by atoms with E-state index in [0.717, 1.165) is 4.88 Å². The fourth-order valence-corrected chi connectivity index (χ4v) is 4.30. The van der Waals surface area contributed by atoms with Crippen LogP contribution in [0.4, 0.5) is 0 Å². The van der Waals surface area contributed by atoms with Crippen molar-refractivity contribution in [3.8, 4) is 16.8 Å². The van der Waals surface area contributed by atoms with Crippen molar-refractivity contribution in [3.63, 3.8) is 0 Å². The van der Waals surface area contributed by atoms with E-state index >= 15 is 0 Å². The average molecular weight is 426 g/mol. The van der Waals surface area contributed by atoms with Gasteiger partial charge in [0, 0.05) is 31.0 Å². The van der Waals surface area contributed by atoms with Crippen molar-refractivity contribution < 1.29 is 4.79 Å². The summed E-state index contributed by atoms with van der Waals surface area (Å²) < 4.78 is 3.06. The quantitative estimate of drug-likeness (QED) is 0.424. The molecule has 29 heavy (non-hydrogen) atoms. The van der Waals surface area contributed by atoms with Gasteiger partial charge in [-0.05, 0) is 11.4 Å². The number of thioether (sulfide) groups is 1. The lowest BCUT2D eigenvalue weighted by Crippen LogP contribution is -2.16. The molecule has 0 atom stereocenters. The van der Waals surface area contributed by atoms with Gasteiger partial charge in [-0.15, -0.1) is 21.5 Å². The van der Waals surface area contributed by atoms with E-state index in [9.17, 15) is 9.59 Å². The number of carbonyl (C=O) groups is 1. The second-order valence-electron chi connectivity index (χ2n) is 5.98. The third-order valence-corrected chi connectivity index (χ3v) is 5.93. The molecule has 1 amide bonds. The van der Waals surface area contributed by atoms with Gasteiger partial charge in [-0.2, -0.15) is 5.26 Å².